The number of rotatable bonds is 31. The number of carbonyl (C=O) groups is 12. The summed E-state index contributed by atoms with van der Waals surface area (Å²) in [5.41, 5.74) is 5.23. The molecule has 62 heavy (non-hydrogen) atoms. The molecular weight excluding hydrogens is 820 g/mol. The van der Waals surface area contributed by atoms with Crippen molar-refractivity contribution in [2.24, 2.45) is 11.7 Å². The van der Waals surface area contributed by atoms with E-state index in [-0.39, 0.29) is 43.5 Å². The second-order valence-corrected chi connectivity index (χ2v) is 14.5. The van der Waals surface area contributed by atoms with Gasteiger partial charge in [-0.15, -0.1) is 0 Å². The molecule has 4 atom stereocenters. The van der Waals surface area contributed by atoms with Crippen LogP contribution in [-0.4, -0.2) is 153 Å². The van der Waals surface area contributed by atoms with Crippen LogP contribution in [0.1, 0.15) is 79.6 Å². The molecule has 350 valence electrons. The quantitative estimate of drug-likeness (QED) is 0.0289. The van der Waals surface area contributed by atoms with Crippen molar-refractivity contribution in [2.75, 3.05) is 52.4 Å². The molecule has 0 saturated heterocycles. The van der Waals surface area contributed by atoms with Gasteiger partial charge in [0.1, 0.15) is 24.2 Å². The van der Waals surface area contributed by atoms with E-state index in [9.17, 15) is 57.5 Å². The topological polar surface area (TPSA) is 383 Å². The van der Waals surface area contributed by atoms with E-state index < -0.39 is 116 Å². The molecule has 0 bridgehead atoms. The summed E-state index contributed by atoms with van der Waals surface area (Å²) in [4.78, 5) is 146. The monoisotopic (exact) mass is 884 g/mol. The predicted octanol–water partition coefficient (Wildman–Crippen LogP) is -5.77. The number of amides is 11. The molecule has 14 N–H and O–H groups in total. The van der Waals surface area contributed by atoms with Crippen LogP contribution in [0.4, 0.5) is 0 Å². The van der Waals surface area contributed by atoms with Gasteiger partial charge in [0, 0.05) is 26.9 Å². The standard InChI is InChI=1S/C37H64N12O13/c1-21(2)14-27(49-33(57)20-44-35(59)26(11-7-9-13-40-24(5)51)47-31(55)18-41-28(52)15-38)36(60)45-19-32(56)48-25(10-6-8-12-39-23(4)50)34(58)43-16-29(53)42-17-30(54)46-22(3)37(61)62/h21-22,25-27H,6-20,38H2,1-5H3,(H,39,50)(H,40,51)(H,41,52)(H,42,53)(H,43,58)(H,44,59)(H,45,60)(H,46,54)(H,47,55)(H,48,56)(H,49,57)(H,61,62)/t22-,25-,26-,27-/m0/s1. The summed E-state index contributed by atoms with van der Waals surface area (Å²) < 4.78 is 0. The Bertz CT molecular complexity index is 1580. The zero-order chi connectivity index (χ0) is 47.2. The minimum Gasteiger partial charge on any atom is -0.480 e. The van der Waals surface area contributed by atoms with Gasteiger partial charge in [-0.2, -0.15) is 0 Å². The van der Waals surface area contributed by atoms with Gasteiger partial charge in [0.2, 0.25) is 65.0 Å². The first kappa shape index (κ1) is 55.6. The second-order valence-electron chi connectivity index (χ2n) is 14.5. The largest absolute Gasteiger partial charge is 0.480 e. The molecule has 25 nitrogen and oxygen atoms in total. The molecular formula is C37H64N12O13. The number of unbranched alkanes of at least 4 members (excludes halogenated alkanes) is 2. The van der Waals surface area contributed by atoms with Gasteiger partial charge in [0.05, 0.1) is 39.3 Å². The summed E-state index contributed by atoms with van der Waals surface area (Å²) in [6.45, 7) is 4.89. The smallest absolute Gasteiger partial charge is 0.325 e. The number of carboxylic acids is 1. The zero-order valence-electron chi connectivity index (χ0n) is 35.9. The minimum atomic E-state index is -1.28. The predicted molar refractivity (Wildman–Crippen MR) is 220 cm³/mol. The van der Waals surface area contributed by atoms with Gasteiger partial charge in [-0.05, 0) is 57.8 Å². The molecule has 0 aromatic heterocycles. The fourth-order valence-corrected chi connectivity index (χ4v) is 5.17. The van der Waals surface area contributed by atoms with Crippen molar-refractivity contribution in [2.45, 2.75) is 104 Å². The van der Waals surface area contributed by atoms with E-state index in [1.165, 1.54) is 20.8 Å². The van der Waals surface area contributed by atoms with E-state index >= 15 is 0 Å². The maximum Gasteiger partial charge on any atom is 0.325 e. The van der Waals surface area contributed by atoms with E-state index in [0.29, 0.717) is 38.8 Å². The van der Waals surface area contributed by atoms with Crippen molar-refractivity contribution in [1.82, 2.24) is 58.5 Å². The number of carboxylic acid groups (broad SMARTS) is 1. The van der Waals surface area contributed by atoms with Gasteiger partial charge < -0.3 is 69.3 Å². The number of carbonyl (C=O) groups excluding carboxylic acids is 11. The normalized spacial score (nSPS) is 12.4. The van der Waals surface area contributed by atoms with Gasteiger partial charge in [0.15, 0.2) is 0 Å². The number of hydrogen-bond acceptors (Lipinski definition) is 13. The van der Waals surface area contributed by atoms with Crippen molar-refractivity contribution in [1.29, 1.82) is 0 Å². The first-order chi connectivity index (χ1) is 29.1. The van der Waals surface area contributed by atoms with Crippen LogP contribution >= 0.6 is 0 Å². The van der Waals surface area contributed by atoms with Crippen LogP contribution < -0.4 is 64.2 Å². The fraction of sp³-hybridized carbons (Fsp3) is 0.676. The maximum absolute atomic E-state index is 13.2. The van der Waals surface area contributed by atoms with E-state index in [4.69, 9.17) is 10.8 Å². The van der Waals surface area contributed by atoms with Crippen molar-refractivity contribution in [3.63, 3.8) is 0 Å². The number of hydrogen-bond donors (Lipinski definition) is 13. The third kappa shape index (κ3) is 28.1. The van der Waals surface area contributed by atoms with Crippen LogP contribution in [0.5, 0.6) is 0 Å². The first-order valence-corrected chi connectivity index (χ1v) is 20.1. The molecule has 25 heteroatoms. The maximum atomic E-state index is 13.2. The highest BCUT2D eigenvalue weighted by Crippen LogP contribution is 2.06. The molecule has 0 unspecified atom stereocenters. The molecule has 0 aromatic rings. The third-order valence-corrected chi connectivity index (χ3v) is 8.34. The summed E-state index contributed by atoms with van der Waals surface area (Å²) in [6, 6.07) is -4.68. The van der Waals surface area contributed by atoms with Crippen LogP contribution in [0.15, 0.2) is 0 Å². The first-order valence-electron chi connectivity index (χ1n) is 20.1. The molecule has 0 fully saturated rings. The van der Waals surface area contributed by atoms with Crippen LogP contribution in [0, 0.1) is 5.92 Å². The molecule has 0 radical (unpaired) electrons. The van der Waals surface area contributed by atoms with Gasteiger partial charge in [-0.3, -0.25) is 57.5 Å². The summed E-state index contributed by atoms with van der Waals surface area (Å²) >= 11 is 0. The Morgan fingerprint density at radius 2 is 0.806 bits per heavy atom. The molecule has 0 heterocycles. The molecule has 0 spiro atoms. The molecule has 11 amide bonds. The highest BCUT2D eigenvalue weighted by Gasteiger charge is 2.26. The Labute approximate surface area is 359 Å². The average Bonchev–Trinajstić information content (AvgIpc) is 3.20. The third-order valence-electron chi connectivity index (χ3n) is 8.34. The van der Waals surface area contributed by atoms with E-state index in [2.05, 4.69) is 58.5 Å². The van der Waals surface area contributed by atoms with Crippen LogP contribution in [0.3, 0.4) is 0 Å². The summed E-state index contributed by atoms with van der Waals surface area (Å²) in [7, 11) is 0. The Kier molecular flexibility index (Phi) is 28.2. The van der Waals surface area contributed by atoms with Gasteiger partial charge in [-0.25, -0.2) is 0 Å². The van der Waals surface area contributed by atoms with Gasteiger partial charge in [-0.1, -0.05) is 13.8 Å². The second kappa shape index (κ2) is 31.5. The molecule has 0 aliphatic heterocycles. The molecule has 0 aromatic carbocycles. The molecule has 0 saturated carbocycles. The van der Waals surface area contributed by atoms with Crippen molar-refractivity contribution < 1.29 is 62.6 Å². The lowest BCUT2D eigenvalue weighted by atomic mass is 10.0. The summed E-state index contributed by atoms with van der Waals surface area (Å²) in [5, 5.41) is 35.4. The zero-order valence-corrected chi connectivity index (χ0v) is 35.9. The van der Waals surface area contributed by atoms with Crippen molar-refractivity contribution >= 4 is 70.9 Å². The molecule has 0 rings (SSSR count). The Hall–Kier alpha value is -6.40. The highest BCUT2D eigenvalue weighted by atomic mass is 16.4. The van der Waals surface area contributed by atoms with E-state index in [1.807, 2.05) is 0 Å². The highest BCUT2D eigenvalue weighted by molar-refractivity contribution is 5.95. The van der Waals surface area contributed by atoms with Crippen LogP contribution in [0.25, 0.3) is 0 Å². The van der Waals surface area contributed by atoms with Crippen LogP contribution in [-0.2, 0) is 57.5 Å². The minimum absolute atomic E-state index is 0.0619. The fourth-order valence-electron chi connectivity index (χ4n) is 5.17. The van der Waals surface area contributed by atoms with Gasteiger partial charge >= 0.3 is 5.97 Å². The summed E-state index contributed by atoms with van der Waals surface area (Å²) in [6.07, 6.45) is 1.95. The van der Waals surface area contributed by atoms with Crippen LogP contribution in [0.2, 0.25) is 0 Å². The lowest BCUT2D eigenvalue weighted by Gasteiger charge is -2.22. The Balaban J connectivity index is 5.46. The van der Waals surface area contributed by atoms with E-state index in [0.717, 1.165) is 0 Å². The lowest BCUT2D eigenvalue weighted by molar-refractivity contribution is -0.141. The molecule has 0 aliphatic carbocycles. The van der Waals surface area contributed by atoms with E-state index in [1.54, 1.807) is 13.8 Å². The summed E-state index contributed by atoms with van der Waals surface area (Å²) in [5.74, 6) is -8.60. The number of nitrogens with one attached hydrogen (secondary N) is 11. The Morgan fingerprint density at radius 1 is 0.452 bits per heavy atom. The number of nitrogens with two attached hydrogens (primary N) is 1. The average molecular weight is 885 g/mol. The van der Waals surface area contributed by atoms with Crippen molar-refractivity contribution in [3.05, 3.63) is 0 Å². The molecule has 0 aliphatic rings. The lowest BCUT2D eigenvalue weighted by Crippen LogP contribution is -2.54. The number of aliphatic carboxylic acids is 1. The SMILES string of the molecule is CC(=O)NCCCC[C@H](NC(=O)CNC(=O)CN)C(=O)NCC(=O)N[C@@H](CC(C)C)C(=O)NCC(=O)N[C@@H](CCCCNC(C)=O)C(=O)NCC(=O)NCC(=O)N[C@@H](C)C(=O)O. The van der Waals surface area contributed by atoms with Crippen molar-refractivity contribution in [3.8, 4) is 0 Å². The van der Waals surface area contributed by atoms with Gasteiger partial charge in [0.25, 0.3) is 0 Å². The Morgan fingerprint density at radius 3 is 1.19 bits per heavy atom.